The molecule has 1 rings (SSSR count). The molecular formula is C14H22N2O2. The molecule has 0 spiro atoms. The number of nitrogens with one attached hydrogen (secondary N) is 1. The van der Waals surface area contributed by atoms with Crippen molar-refractivity contribution in [1.29, 1.82) is 0 Å². The van der Waals surface area contributed by atoms with Crippen LogP contribution in [-0.2, 0) is 0 Å². The maximum Gasteiger partial charge on any atom is 0.252 e. The third-order valence-corrected chi connectivity index (χ3v) is 3.37. The molecule has 1 unspecified atom stereocenters. The minimum atomic E-state index is -0.386. The van der Waals surface area contributed by atoms with E-state index in [0.717, 1.165) is 12.0 Å². The molecule has 1 aromatic carbocycles. The quantitative estimate of drug-likeness (QED) is 0.698. The average molecular weight is 250 g/mol. The number of hydrogen-bond donors (Lipinski definition) is 3. The summed E-state index contributed by atoms with van der Waals surface area (Å²) < 4.78 is 0. The van der Waals surface area contributed by atoms with Crippen molar-refractivity contribution in [3.8, 4) is 0 Å². The highest BCUT2D eigenvalue weighted by Gasteiger charge is 2.24. The van der Waals surface area contributed by atoms with Crippen LogP contribution in [0, 0.1) is 6.92 Å². The Morgan fingerprint density at radius 2 is 2.17 bits per heavy atom. The normalized spacial score (nSPS) is 14.0. The monoisotopic (exact) mass is 250 g/mol. The number of aryl methyl sites for hydroxylation is 1. The number of hydrogen-bond acceptors (Lipinski definition) is 3. The molecule has 0 aromatic heterocycles. The van der Waals surface area contributed by atoms with E-state index >= 15 is 0 Å². The van der Waals surface area contributed by atoms with Crippen LogP contribution in [0.4, 0.5) is 5.69 Å². The highest BCUT2D eigenvalue weighted by molar-refractivity contribution is 5.96. The van der Waals surface area contributed by atoms with Crippen molar-refractivity contribution in [1.82, 2.24) is 5.32 Å². The summed E-state index contributed by atoms with van der Waals surface area (Å²) in [7, 11) is 0. The highest BCUT2D eigenvalue weighted by Crippen LogP contribution is 2.17. The molecule has 1 atom stereocenters. The van der Waals surface area contributed by atoms with Crippen LogP contribution in [-0.4, -0.2) is 23.2 Å². The van der Waals surface area contributed by atoms with Crippen molar-refractivity contribution in [2.24, 2.45) is 0 Å². The van der Waals surface area contributed by atoms with Gasteiger partial charge < -0.3 is 16.2 Å². The zero-order chi connectivity index (χ0) is 13.8. The first kappa shape index (κ1) is 14.5. The highest BCUT2D eigenvalue weighted by atomic mass is 16.3. The van der Waals surface area contributed by atoms with Gasteiger partial charge in [0, 0.05) is 23.4 Å². The Kier molecular flexibility index (Phi) is 4.73. The Labute approximate surface area is 108 Å². The molecule has 1 aromatic rings. The molecule has 0 aliphatic heterocycles. The largest absolute Gasteiger partial charge is 0.399 e. The van der Waals surface area contributed by atoms with Crippen LogP contribution in [0.15, 0.2) is 18.2 Å². The maximum absolute atomic E-state index is 12.2. The molecule has 100 valence electrons. The van der Waals surface area contributed by atoms with Gasteiger partial charge in [-0.05, 0) is 44.4 Å². The third kappa shape index (κ3) is 3.47. The van der Waals surface area contributed by atoms with Crippen molar-refractivity contribution in [2.75, 3.05) is 12.3 Å². The number of carbonyl (C=O) groups excluding carboxylic acids is 1. The summed E-state index contributed by atoms with van der Waals surface area (Å²) in [6.45, 7) is 5.86. The molecule has 1 amide bonds. The van der Waals surface area contributed by atoms with Crippen molar-refractivity contribution >= 4 is 11.6 Å². The Hall–Kier alpha value is -1.55. The molecule has 4 N–H and O–H groups in total. The number of benzene rings is 1. The number of rotatable bonds is 5. The summed E-state index contributed by atoms with van der Waals surface area (Å²) in [5, 5.41) is 12.0. The minimum absolute atomic E-state index is 0.0561. The molecule has 0 heterocycles. The second kappa shape index (κ2) is 5.87. The van der Waals surface area contributed by atoms with Crippen LogP contribution < -0.4 is 11.1 Å². The van der Waals surface area contributed by atoms with Crippen LogP contribution in [0.3, 0.4) is 0 Å². The number of nitrogens with two attached hydrogens (primary N) is 1. The topological polar surface area (TPSA) is 75.3 Å². The van der Waals surface area contributed by atoms with Crippen molar-refractivity contribution in [3.63, 3.8) is 0 Å². The van der Waals surface area contributed by atoms with Crippen LogP contribution >= 0.6 is 0 Å². The van der Waals surface area contributed by atoms with E-state index in [1.807, 2.05) is 26.8 Å². The number of amides is 1. The van der Waals surface area contributed by atoms with Gasteiger partial charge in [0.15, 0.2) is 0 Å². The number of aliphatic hydroxyl groups is 1. The molecular weight excluding hydrogens is 228 g/mol. The summed E-state index contributed by atoms with van der Waals surface area (Å²) in [6, 6.07) is 5.29. The Morgan fingerprint density at radius 3 is 2.72 bits per heavy atom. The lowest BCUT2D eigenvalue weighted by Crippen LogP contribution is -2.46. The Balaban J connectivity index is 2.90. The van der Waals surface area contributed by atoms with E-state index in [0.29, 0.717) is 17.7 Å². The summed E-state index contributed by atoms with van der Waals surface area (Å²) >= 11 is 0. The average Bonchev–Trinajstić information content (AvgIpc) is 2.32. The van der Waals surface area contributed by atoms with Gasteiger partial charge >= 0.3 is 0 Å². The fourth-order valence-corrected chi connectivity index (χ4v) is 1.80. The van der Waals surface area contributed by atoms with Gasteiger partial charge in [-0.2, -0.15) is 0 Å². The number of aliphatic hydroxyl groups excluding tert-OH is 1. The second-order valence-electron chi connectivity index (χ2n) is 4.92. The van der Waals surface area contributed by atoms with Gasteiger partial charge in [0.05, 0.1) is 0 Å². The second-order valence-corrected chi connectivity index (χ2v) is 4.92. The van der Waals surface area contributed by atoms with E-state index in [1.54, 1.807) is 12.1 Å². The van der Waals surface area contributed by atoms with Crippen LogP contribution in [0.25, 0.3) is 0 Å². The van der Waals surface area contributed by atoms with Gasteiger partial charge in [-0.15, -0.1) is 0 Å². The lowest BCUT2D eigenvalue weighted by Gasteiger charge is -2.29. The lowest BCUT2D eigenvalue weighted by atomic mass is 9.94. The molecule has 0 aliphatic rings. The first-order valence-electron chi connectivity index (χ1n) is 6.21. The smallest absolute Gasteiger partial charge is 0.252 e. The predicted molar refractivity (Wildman–Crippen MR) is 73.5 cm³/mol. The van der Waals surface area contributed by atoms with Gasteiger partial charge in [-0.3, -0.25) is 4.79 Å². The van der Waals surface area contributed by atoms with E-state index in [1.165, 1.54) is 0 Å². The molecule has 4 nitrogen and oxygen atoms in total. The van der Waals surface area contributed by atoms with E-state index < -0.39 is 0 Å². The third-order valence-electron chi connectivity index (χ3n) is 3.37. The predicted octanol–water partition coefficient (Wildman–Crippen LogP) is 1.86. The van der Waals surface area contributed by atoms with Crippen LogP contribution in [0.5, 0.6) is 0 Å². The summed E-state index contributed by atoms with van der Waals surface area (Å²) in [4.78, 5) is 12.2. The molecule has 0 bridgehead atoms. The van der Waals surface area contributed by atoms with Gasteiger partial charge in [-0.25, -0.2) is 0 Å². The maximum atomic E-state index is 12.2. The molecule has 0 saturated carbocycles. The molecule has 4 heteroatoms. The van der Waals surface area contributed by atoms with Gasteiger partial charge in [0.2, 0.25) is 0 Å². The molecule has 0 aliphatic carbocycles. The summed E-state index contributed by atoms with van der Waals surface area (Å²) in [6.07, 6.45) is 1.30. The standard InChI is InChI=1S/C14H22N2O2/c1-4-14(3,7-8-17)16-13(18)12-9-11(15)6-5-10(12)2/h5-6,9,17H,4,7-8,15H2,1-3H3,(H,16,18). The van der Waals surface area contributed by atoms with E-state index in [2.05, 4.69) is 5.32 Å². The summed E-state index contributed by atoms with van der Waals surface area (Å²) in [5.74, 6) is -0.141. The Morgan fingerprint density at radius 1 is 1.50 bits per heavy atom. The SMILES string of the molecule is CCC(C)(CCO)NC(=O)c1cc(N)ccc1C. The van der Waals surface area contributed by atoms with Crippen LogP contribution in [0.1, 0.15) is 42.6 Å². The molecule has 0 fully saturated rings. The minimum Gasteiger partial charge on any atom is -0.399 e. The molecule has 0 saturated heterocycles. The van der Waals surface area contributed by atoms with Crippen molar-refractivity contribution < 1.29 is 9.90 Å². The van der Waals surface area contributed by atoms with Gasteiger partial charge in [-0.1, -0.05) is 13.0 Å². The van der Waals surface area contributed by atoms with Crippen LogP contribution in [0.2, 0.25) is 0 Å². The first-order valence-corrected chi connectivity index (χ1v) is 6.21. The number of nitrogen functional groups attached to an aromatic ring is 1. The fourth-order valence-electron chi connectivity index (χ4n) is 1.80. The molecule has 18 heavy (non-hydrogen) atoms. The van der Waals surface area contributed by atoms with E-state index in [9.17, 15) is 4.79 Å². The zero-order valence-electron chi connectivity index (χ0n) is 11.3. The number of anilines is 1. The first-order chi connectivity index (χ1) is 8.41. The Bertz CT molecular complexity index is 432. The van der Waals surface area contributed by atoms with Gasteiger partial charge in [0.25, 0.3) is 5.91 Å². The zero-order valence-corrected chi connectivity index (χ0v) is 11.3. The lowest BCUT2D eigenvalue weighted by molar-refractivity contribution is 0.0885. The van der Waals surface area contributed by atoms with E-state index in [4.69, 9.17) is 10.8 Å². The van der Waals surface area contributed by atoms with Crippen molar-refractivity contribution in [3.05, 3.63) is 29.3 Å². The summed E-state index contributed by atoms with van der Waals surface area (Å²) in [5.41, 5.74) is 7.37. The fraction of sp³-hybridized carbons (Fsp3) is 0.500. The molecule has 0 radical (unpaired) electrons. The van der Waals surface area contributed by atoms with Crippen molar-refractivity contribution in [2.45, 2.75) is 39.2 Å². The van der Waals surface area contributed by atoms with Gasteiger partial charge in [0.1, 0.15) is 0 Å². The van der Waals surface area contributed by atoms with E-state index in [-0.39, 0.29) is 18.1 Å². The number of carbonyl (C=O) groups is 1.